The molecule has 5 aliphatic carbocycles. The fourth-order valence-corrected chi connectivity index (χ4v) is 10.7. The quantitative estimate of drug-likeness (QED) is 0.198. The van der Waals surface area contributed by atoms with E-state index in [1.54, 1.807) is 0 Å². The molecule has 0 saturated heterocycles. The molecule has 5 aliphatic rings. The summed E-state index contributed by atoms with van der Waals surface area (Å²) in [6, 6.07) is 50.7. The Morgan fingerprint density at radius 2 is 1.06 bits per heavy atom. The average molecular weight is 617 g/mol. The van der Waals surface area contributed by atoms with Gasteiger partial charge in [-0.15, -0.1) is 0 Å². The maximum absolute atomic E-state index is 10.2. The van der Waals surface area contributed by atoms with Crippen molar-refractivity contribution in [1.82, 2.24) is 4.98 Å². The van der Waals surface area contributed by atoms with Crippen molar-refractivity contribution >= 4 is 0 Å². The number of hydrogen-bond acceptors (Lipinski definition) is 2. The van der Waals surface area contributed by atoms with E-state index in [4.69, 9.17) is 4.98 Å². The highest BCUT2D eigenvalue weighted by atomic mass is 14.7. The lowest BCUT2D eigenvalue weighted by Gasteiger charge is -2.61. The molecule has 0 N–H and O–H groups in total. The molecule has 0 amide bonds. The Bertz CT molecular complexity index is 2170. The van der Waals surface area contributed by atoms with Crippen LogP contribution >= 0.6 is 0 Å². The van der Waals surface area contributed by atoms with Crippen LogP contribution in [-0.4, -0.2) is 4.98 Å². The number of aromatic nitrogens is 1. The predicted molar refractivity (Wildman–Crippen MR) is 194 cm³/mol. The van der Waals surface area contributed by atoms with Crippen molar-refractivity contribution in [3.05, 3.63) is 150 Å². The Morgan fingerprint density at radius 3 is 1.69 bits per heavy atom. The highest BCUT2D eigenvalue weighted by molar-refractivity contribution is 5.92. The van der Waals surface area contributed by atoms with Crippen molar-refractivity contribution < 1.29 is 0 Å². The summed E-state index contributed by atoms with van der Waals surface area (Å²) in [5, 5.41) is 10.2. The normalized spacial score (nSPS) is 24.3. The van der Waals surface area contributed by atoms with E-state index in [1.165, 1.54) is 71.0 Å². The van der Waals surface area contributed by atoms with E-state index in [0.29, 0.717) is 11.8 Å². The number of hydrogen-bond donors (Lipinski definition) is 0. The van der Waals surface area contributed by atoms with E-state index >= 15 is 0 Å². The number of nitriles is 1. The number of benzene rings is 5. The maximum atomic E-state index is 10.2. The first kappa shape index (κ1) is 27.8. The molecule has 11 rings (SSSR count). The molecule has 1 spiro atoms. The summed E-state index contributed by atoms with van der Waals surface area (Å²) in [5.41, 5.74) is 15.5. The summed E-state index contributed by atoms with van der Waals surface area (Å²) in [6.45, 7) is 0. The van der Waals surface area contributed by atoms with Crippen molar-refractivity contribution in [2.75, 3.05) is 0 Å². The SMILES string of the molecule is N#Cc1ccccc1-c1cccc2c1C1(c3cc(-c4cc(-c5ccccc5)nc(-c5ccccc5)c4)ccc3-2)C2CC3CC(C2)CC1C3. The molecular weight excluding hydrogens is 581 g/mol. The summed E-state index contributed by atoms with van der Waals surface area (Å²) in [4.78, 5) is 5.18. The Morgan fingerprint density at radius 1 is 0.500 bits per heavy atom. The van der Waals surface area contributed by atoms with E-state index < -0.39 is 0 Å². The topological polar surface area (TPSA) is 36.7 Å². The van der Waals surface area contributed by atoms with Gasteiger partial charge in [0.1, 0.15) is 0 Å². The standard InChI is InChI=1S/C46H36N2/c47-28-34-14-7-8-15-38(34)40-16-9-17-41-39-19-18-33(25-42(39)46(45(40)41)36-21-29-20-30(23-36)24-37(46)22-29)35-26-43(31-10-3-1-4-11-31)48-44(27-35)32-12-5-2-6-13-32/h1-19,25-27,29-30,36-37H,20-24H2. The molecule has 1 aromatic heterocycles. The molecule has 5 aromatic carbocycles. The molecule has 48 heavy (non-hydrogen) atoms. The zero-order valence-electron chi connectivity index (χ0n) is 26.9. The van der Waals surface area contributed by atoms with Crippen molar-refractivity contribution in [2.45, 2.75) is 37.5 Å². The van der Waals surface area contributed by atoms with Gasteiger partial charge >= 0.3 is 0 Å². The van der Waals surface area contributed by atoms with Gasteiger partial charge in [0.25, 0.3) is 0 Å². The lowest BCUT2D eigenvalue weighted by atomic mass is 9.42. The minimum atomic E-state index is -0.0369. The molecule has 4 saturated carbocycles. The van der Waals surface area contributed by atoms with E-state index in [2.05, 4.69) is 127 Å². The van der Waals surface area contributed by atoms with Gasteiger partial charge < -0.3 is 0 Å². The van der Waals surface area contributed by atoms with Crippen LogP contribution in [0.15, 0.2) is 133 Å². The molecule has 0 unspecified atom stereocenters. The van der Waals surface area contributed by atoms with Gasteiger partial charge in [0, 0.05) is 16.5 Å². The Hall–Kier alpha value is -5.26. The third-order valence-electron chi connectivity index (χ3n) is 12.3. The largest absolute Gasteiger partial charge is 0.248 e. The maximum Gasteiger partial charge on any atom is 0.0998 e. The van der Waals surface area contributed by atoms with Crippen LogP contribution < -0.4 is 0 Å². The molecule has 1 heterocycles. The van der Waals surface area contributed by atoms with Gasteiger partial charge in [-0.25, -0.2) is 4.98 Å². The summed E-state index contributed by atoms with van der Waals surface area (Å²) < 4.78 is 0. The molecule has 0 atom stereocenters. The van der Waals surface area contributed by atoms with Crippen LogP contribution in [0.4, 0.5) is 0 Å². The van der Waals surface area contributed by atoms with Gasteiger partial charge in [-0.3, -0.25) is 0 Å². The second kappa shape index (κ2) is 10.6. The lowest BCUT2D eigenvalue weighted by Crippen LogP contribution is -2.55. The van der Waals surface area contributed by atoms with Crippen molar-refractivity contribution in [1.29, 1.82) is 5.26 Å². The molecule has 2 nitrogen and oxygen atoms in total. The second-order valence-corrected chi connectivity index (χ2v) is 14.7. The summed E-state index contributed by atoms with van der Waals surface area (Å²) in [7, 11) is 0. The highest BCUT2D eigenvalue weighted by Gasteiger charge is 2.62. The number of rotatable bonds is 4. The van der Waals surface area contributed by atoms with Crippen LogP contribution in [0.3, 0.4) is 0 Å². The van der Waals surface area contributed by atoms with Gasteiger partial charge in [-0.1, -0.05) is 109 Å². The zero-order valence-corrected chi connectivity index (χ0v) is 26.9. The van der Waals surface area contributed by atoms with Gasteiger partial charge in [-0.2, -0.15) is 5.26 Å². The van der Waals surface area contributed by atoms with Crippen LogP contribution in [0.1, 0.15) is 48.8 Å². The average Bonchev–Trinajstić information content (AvgIpc) is 3.44. The van der Waals surface area contributed by atoms with Crippen molar-refractivity contribution in [2.24, 2.45) is 23.7 Å². The minimum Gasteiger partial charge on any atom is -0.248 e. The molecule has 6 aromatic rings. The first-order valence-corrected chi connectivity index (χ1v) is 17.6. The molecule has 0 aliphatic heterocycles. The van der Waals surface area contributed by atoms with Crippen LogP contribution in [0.25, 0.3) is 55.9 Å². The fourth-order valence-electron chi connectivity index (χ4n) is 10.7. The zero-order chi connectivity index (χ0) is 31.8. The smallest absolute Gasteiger partial charge is 0.0998 e. The lowest BCUT2D eigenvalue weighted by molar-refractivity contribution is -0.0397. The van der Waals surface area contributed by atoms with Crippen LogP contribution in [0.5, 0.6) is 0 Å². The minimum absolute atomic E-state index is 0.0369. The monoisotopic (exact) mass is 616 g/mol. The molecule has 2 heteroatoms. The number of nitrogens with zero attached hydrogens (tertiary/aromatic N) is 2. The highest BCUT2D eigenvalue weighted by Crippen LogP contribution is 2.70. The Kier molecular flexibility index (Phi) is 6.16. The fraction of sp³-hybridized carbons (Fsp3) is 0.217. The molecule has 230 valence electrons. The molecular formula is C46H36N2. The van der Waals surface area contributed by atoms with E-state index in [1.807, 2.05) is 12.1 Å². The van der Waals surface area contributed by atoms with Crippen molar-refractivity contribution in [3.63, 3.8) is 0 Å². The van der Waals surface area contributed by atoms with Crippen LogP contribution in [0.2, 0.25) is 0 Å². The van der Waals surface area contributed by atoms with Gasteiger partial charge in [0.15, 0.2) is 0 Å². The van der Waals surface area contributed by atoms with Gasteiger partial charge in [0.05, 0.1) is 23.0 Å². The third-order valence-corrected chi connectivity index (χ3v) is 12.3. The Labute approximate surface area is 282 Å². The first-order chi connectivity index (χ1) is 23.7. The van der Waals surface area contributed by atoms with Gasteiger partial charge in [-0.05, 0) is 125 Å². The summed E-state index contributed by atoms with van der Waals surface area (Å²) in [5.74, 6) is 2.96. The summed E-state index contributed by atoms with van der Waals surface area (Å²) >= 11 is 0. The third kappa shape index (κ3) is 4.01. The van der Waals surface area contributed by atoms with Gasteiger partial charge in [0.2, 0.25) is 0 Å². The van der Waals surface area contributed by atoms with E-state index in [0.717, 1.165) is 45.5 Å². The second-order valence-electron chi connectivity index (χ2n) is 14.7. The van der Waals surface area contributed by atoms with E-state index in [-0.39, 0.29) is 5.41 Å². The number of fused-ring (bicyclic) bond motifs is 3. The predicted octanol–water partition coefficient (Wildman–Crippen LogP) is 11.3. The Balaban J connectivity index is 1.21. The molecule has 4 bridgehead atoms. The van der Waals surface area contributed by atoms with Crippen LogP contribution in [-0.2, 0) is 5.41 Å². The molecule has 4 fully saturated rings. The van der Waals surface area contributed by atoms with Crippen LogP contribution in [0, 0.1) is 35.0 Å². The summed E-state index contributed by atoms with van der Waals surface area (Å²) in [6.07, 6.45) is 6.68. The van der Waals surface area contributed by atoms with E-state index in [9.17, 15) is 5.26 Å². The first-order valence-electron chi connectivity index (χ1n) is 17.6. The van der Waals surface area contributed by atoms with Crippen molar-refractivity contribution in [3.8, 4) is 62.0 Å². The number of pyridine rings is 1. The molecule has 0 radical (unpaired) electrons.